The number of rotatable bonds is 3. The molecule has 1 heterocycles. The van der Waals surface area contributed by atoms with Gasteiger partial charge in [0.05, 0.1) is 12.6 Å². The maximum Gasteiger partial charge on any atom is 0.407 e. The highest BCUT2D eigenvalue weighted by Gasteiger charge is 2.23. The predicted molar refractivity (Wildman–Crippen MR) is 43.0 cm³/mol. The third-order valence-electron chi connectivity index (χ3n) is 1.62. The highest BCUT2D eigenvalue weighted by molar-refractivity contribution is 5.80. The minimum Gasteiger partial charge on any atom is -0.447 e. The van der Waals surface area contributed by atoms with Crippen LogP contribution in [0.5, 0.6) is 0 Å². The fourth-order valence-electron chi connectivity index (χ4n) is 1.05. The van der Waals surface area contributed by atoms with Crippen LogP contribution in [0.3, 0.4) is 0 Å². The third kappa shape index (κ3) is 3.29. The Balaban J connectivity index is 2.17. The summed E-state index contributed by atoms with van der Waals surface area (Å²) >= 11 is 0. The summed E-state index contributed by atoms with van der Waals surface area (Å²) in [6, 6.07) is -0.196. The van der Waals surface area contributed by atoms with E-state index in [0.29, 0.717) is 6.54 Å². The highest BCUT2D eigenvalue weighted by Crippen LogP contribution is 1.98. The molecule has 1 rings (SSSR count). The van der Waals surface area contributed by atoms with Crippen LogP contribution in [0.1, 0.15) is 6.42 Å². The lowest BCUT2D eigenvalue weighted by Gasteiger charge is -2.09. The Kier molecular flexibility index (Phi) is 3.51. The first kappa shape index (κ1) is 9.79. The van der Waals surface area contributed by atoms with Gasteiger partial charge < -0.3 is 20.5 Å². The smallest absolute Gasteiger partial charge is 0.407 e. The third-order valence-corrected chi connectivity index (χ3v) is 1.62. The zero-order valence-corrected chi connectivity index (χ0v) is 7.08. The molecular formula is C7H12N2O4. The molecule has 1 unspecified atom stereocenters. The van der Waals surface area contributed by atoms with E-state index in [9.17, 15) is 9.59 Å². The van der Waals surface area contributed by atoms with Crippen LogP contribution in [0.2, 0.25) is 0 Å². The Morgan fingerprint density at radius 1 is 1.77 bits per heavy atom. The molecule has 0 aliphatic carbocycles. The summed E-state index contributed by atoms with van der Waals surface area (Å²) in [6.07, 6.45) is -0.315. The van der Waals surface area contributed by atoms with Crippen LogP contribution in [0.25, 0.3) is 0 Å². The lowest BCUT2D eigenvalue weighted by Crippen LogP contribution is -2.36. The van der Waals surface area contributed by atoms with Gasteiger partial charge in [-0.1, -0.05) is 0 Å². The number of amides is 2. The first-order valence-electron chi connectivity index (χ1n) is 4.03. The van der Waals surface area contributed by atoms with Gasteiger partial charge in [-0.3, -0.25) is 4.79 Å². The first-order chi connectivity index (χ1) is 6.22. The first-order valence-corrected chi connectivity index (χ1v) is 4.03. The summed E-state index contributed by atoms with van der Waals surface area (Å²) in [5, 5.41) is 13.4. The number of hydrogen-bond donors (Lipinski definition) is 3. The standard InChI is InChI=1S/C7H12N2O4/c10-1-2-13-7(12)9-5-3-6(11)8-4-5/h5,10H,1-4H2,(H,8,11)(H,9,12). The molecule has 13 heavy (non-hydrogen) atoms. The van der Waals surface area contributed by atoms with Crippen molar-refractivity contribution in [3.05, 3.63) is 0 Å². The molecule has 0 spiro atoms. The molecule has 6 heteroatoms. The van der Waals surface area contributed by atoms with Crippen molar-refractivity contribution in [3.8, 4) is 0 Å². The minimum atomic E-state index is -0.601. The Labute approximate surface area is 75.3 Å². The van der Waals surface area contributed by atoms with Crippen molar-refractivity contribution in [1.82, 2.24) is 10.6 Å². The Morgan fingerprint density at radius 3 is 3.08 bits per heavy atom. The number of carbonyl (C=O) groups excluding carboxylic acids is 2. The van der Waals surface area contributed by atoms with E-state index in [0.717, 1.165) is 0 Å². The van der Waals surface area contributed by atoms with Crippen LogP contribution in [-0.4, -0.2) is 42.9 Å². The van der Waals surface area contributed by atoms with Gasteiger partial charge in [-0.25, -0.2) is 4.79 Å². The fraction of sp³-hybridized carbons (Fsp3) is 0.714. The molecule has 1 saturated heterocycles. The quantitative estimate of drug-likeness (QED) is 0.508. The maximum atomic E-state index is 10.9. The topological polar surface area (TPSA) is 87.7 Å². The maximum absolute atomic E-state index is 10.9. The van der Waals surface area contributed by atoms with Crippen LogP contribution in [0.4, 0.5) is 4.79 Å². The van der Waals surface area contributed by atoms with Crippen LogP contribution >= 0.6 is 0 Å². The van der Waals surface area contributed by atoms with Gasteiger partial charge >= 0.3 is 6.09 Å². The molecule has 1 aliphatic heterocycles. The number of aliphatic hydroxyl groups excluding tert-OH is 1. The normalized spacial score (nSPS) is 21.0. The van der Waals surface area contributed by atoms with Gasteiger partial charge in [0.25, 0.3) is 0 Å². The zero-order valence-electron chi connectivity index (χ0n) is 7.08. The van der Waals surface area contributed by atoms with Gasteiger partial charge in [-0.05, 0) is 0 Å². The van der Waals surface area contributed by atoms with E-state index in [-0.39, 0.29) is 31.6 Å². The molecular weight excluding hydrogens is 176 g/mol. The van der Waals surface area contributed by atoms with E-state index in [1.54, 1.807) is 0 Å². The van der Waals surface area contributed by atoms with Gasteiger partial charge in [0.15, 0.2) is 0 Å². The molecule has 6 nitrogen and oxygen atoms in total. The zero-order chi connectivity index (χ0) is 9.68. The SMILES string of the molecule is O=C1CC(NC(=O)OCCO)CN1. The molecule has 0 radical (unpaired) electrons. The van der Waals surface area contributed by atoms with Gasteiger partial charge in [0, 0.05) is 13.0 Å². The van der Waals surface area contributed by atoms with Crippen LogP contribution in [0.15, 0.2) is 0 Å². The van der Waals surface area contributed by atoms with Crippen molar-refractivity contribution in [1.29, 1.82) is 0 Å². The molecule has 0 aromatic carbocycles. The second kappa shape index (κ2) is 4.66. The van der Waals surface area contributed by atoms with Gasteiger partial charge in [0.2, 0.25) is 5.91 Å². The van der Waals surface area contributed by atoms with E-state index < -0.39 is 6.09 Å². The molecule has 2 amide bonds. The van der Waals surface area contributed by atoms with E-state index in [4.69, 9.17) is 5.11 Å². The lowest BCUT2D eigenvalue weighted by atomic mass is 10.3. The minimum absolute atomic E-state index is 0.0278. The average molecular weight is 188 g/mol. The summed E-state index contributed by atoms with van der Waals surface area (Å²) < 4.78 is 4.55. The second-order valence-electron chi connectivity index (χ2n) is 2.71. The fourth-order valence-corrected chi connectivity index (χ4v) is 1.05. The molecule has 74 valence electrons. The number of carbonyl (C=O) groups is 2. The largest absolute Gasteiger partial charge is 0.447 e. The highest BCUT2D eigenvalue weighted by atomic mass is 16.6. The summed E-state index contributed by atoms with van der Waals surface area (Å²) in [7, 11) is 0. The molecule has 0 aromatic heterocycles. The Bertz CT molecular complexity index is 207. The predicted octanol–water partition coefficient (Wildman–Crippen LogP) is -1.41. The Hall–Kier alpha value is -1.30. The Morgan fingerprint density at radius 2 is 2.54 bits per heavy atom. The van der Waals surface area contributed by atoms with Crippen molar-refractivity contribution >= 4 is 12.0 Å². The molecule has 1 aliphatic rings. The molecule has 0 saturated carbocycles. The molecule has 1 fully saturated rings. The molecule has 1 atom stereocenters. The summed E-state index contributed by atoms with van der Waals surface area (Å²) in [5.41, 5.74) is 0. The van der Waals surface area contributed by atoms with Crippen LogP contribution < -0.4 is 10.6 Å². The van der Waals surface area contributed by atoms with Gasteiger partial charge in [-0.2, -0.15) is 0 Å². The second-order valence-corrected chi connectivity index (χ2v) is 2.71. The van der Waals surface area contributed by atoms with E-state index in [1.807, 2.05) is 0 Å². The lowest BCUT2D eigenvalue weighted by molar-refractivity contribution is -0.119. The molecule has 0 bridgehead atoms. The summed E-state index contributed by atoms with van der Waals surface area (Å²) in [6.45, 7) is 0.211. The van der Waals surface area contributed by atoms with E-state index >= 15 is 0 Å². The number of nitrogens with one attached hydrogen (secondary N) is 2. The van der Waals surface area contributed by atoms with Gasteiger partial charge in [-0.15, -0.1) is 0 Å². The van der Waals surface area contributed by atoms with Crippen LogP contribution in [-0.2, 0) is 9.53 Å². The monoisotopic (exact) mass is 188 g/mol. The average Bonchev–Trinajstić information content (AvgIpc) is 2.48. The van der Waals surface area contributed by atoms with Crippen LogP contribution in [0, 0.1) is 0 Å². The number of ether oxygens (including phenoxy) is 1. The van der Waals surface area contributed by atoms with Gasteiger partial charge in [0.1, 0.15) is 6.61 Å². The van der Waals surface area contributed by atoms with Crippen molar-refractivity contribution in [2.24, 2.45) is 0 Å². The summed E-state index contributed by atoms with van der Waals surface area (Å²) in [5.74, 6) is -0.0764. The van der Waals surface area contributed by atoms with E-state index in [2.05, 4.69) is 15.4 Å². The van der Waals surface area contributed by atoms with Crippen molar-refractivity contribution < 1.29 is 19.4 Å². The molecule has 0 aromatic rings. The number of alkyl carbamates (subject to hydrolysis) is 1. The van der Waals surface area contributed by atoms with Crippen molar-refractivity contribution in [2.75, 3.05) is 19.8 Å². The summed E-state index contributed by atoms with van der Waals surface area (Å²) in [4.78, 5) is 21.6. The van der Waals surface area contributed by atoms with Crippen molar-refractivity contribution in [3.63, 3.8) is 0 Å². The van der Waals surface area contributed by atoms with Crippen molar-refractivity contribution in [2.45, 2.75) is 12.5 Å². The number of aliphatic hydroxyl groups is 1. The molecule has 3 N–H and O–H groups in total. The van der Waals surface area contributed by atoms with E-state index in [1.165, 1.54) is 0 Å². The number of hydrogen-bond acceptors (Lipinski definition) is 4.